The third kappa shape index (κ3) is 4.03. The Morgan fingerprint density at radius 1 is 1.43 bits per heavy atom. The molecule has 2 rings (SSSR count). The van der Waals surface area contributed by atoms with E-state index < -0.39 is 0 Å². The van der Waals surface area contributed by atoms with Gasteiger partial charge in [-0.15, -0.1) is 0 Å². The number of rotatable bonds is 5. The number of hydrogen-bond donors (Lipinski definition) is 1. The number of nitrogens with zero attached hydrogens (tertiary/aromatic N) is 2. The lowest BCUT2D eigenvalue weighted by Gasteiger charge is -2.40. The molecule has 3 atom stereocenters. The Morgan fingerprint density at radius 3 is 2.76 bits per heavy atom. The molecular formula is C17H27N3O. The Bertz CT molecular complexity index is 449. The molecule has 21 heavy (non-hydrogen) atoms. The van der Waals surface area contributed by atoms with Crippen LogP contribution in [-0.4, -0.2) is 34.9 Å². The van der Waals surface area contributed by atoms with Crippen molar-refractivity contribution >= 4 is 5.91 Å². The lowest BCUT2D eigenvalue weighted by atomic mass is 9.88. The first-order valence-corrected chi connectivity index (χ1v) is 8.09. The van der Waals surface area contributed by atoms with Gasteiger partial charge in [-0.05, 0) is 37.0 Å². The first-order chi connectivity index (χ1) is 10.2. The van der Waals surface area contributed by atoms with E-state index in [0.29, 0.717) is 24.4 Å². The van der Waals surface area contributed by atoms with Gasteiger partial charge in [-0.3, -0.25) is 9.78 Å². The van der Waals surface area contributed by atoms with Gasteiger partial charge in [0.05, 0.1) is 0 Å². The fourth-order valence-corrected chi connectivity index (χ4v) is 3.18. The van der Waals surface area contributed by atoms with Crippen molar-refractivity contribution in [1.29, 1.82) is 0 Å². The number of hydrogen-bond acceptors (Lipinski definition) is 3. The van der Waals surface area contributed by atoms with E-state index in [4.69, 9.17) is 0 Å². The molecule has 1 N–H and O–H groups in total. The molecule has 1 aliphatic heterocycles. The number of amides is 1. The van der Waals surface area contributed by atoms with Gasteiger partial charge in [0, 0.05) is 44.0 Å². The summed E-state index contributed by atoms with van der Waals surface area (Å²) in [6, 6.07) is 4.93. The van der Waals surface area contributed by atoms with Crippen LogP contribution in [0, 0.1) is 5.92 Å². The van der Waals surface area contributed by atoms with Crippen LogP contribution >= 0.6 is 0 Å². The minimum Gasteiger partial charge on any atom is -0.342 e. The summed E-state index contributed by atoms with van der Waals surface area (Å²) in [4.78, 5) is 18.0. The minimum atomic E-state index is 0.286. The number of likely N-dealkylation sites (tertiary alicyclic amines) is 1. The highest BCUT2D eigenvalue weighted by atomic mass is 16.2. The fourth-order valence-electron chi connectivity index (χ4n) is 3.18. The number of aromatic nitrogens is 1. The lowest BCUT2D eigenvalue weighted by molar-refractivity contribution is -0.133. The van der Waals surface area contributed by atoms with Crippen molar-refractivity contribution in [2.24, 2.45) is 5.92 Å². The van der Waals surface area contributed by atoms with Crippen molar-refractivity contribution in [3.63, 3.8) is 0 Å². The van der Waals surface area contributed by atoms with E-state index in [0.717, 1.165) is 25.9 Å². The van der Waals surface area contributed by atoms with Gasteiger partial charge in [-0.25, -0.2) is 0 Å². The molecule has 1 fully saturated rings. The monoisotopic (exact) mass is 289 g/mol. The highest BCUT2D eigenvalue weighted by molar-refractivity contribution is 5.75. The fraction of sp³-hybridized carbons (Fsp3) is 0.647. The van der Waals surface area contributed by atoms with Gasteiger partial charge in [0.25, 0.3) is 0 Å². The summed E-state index contributed by atoms with van der Waals surface area (Å²) < 4.78 is 0. The molecule has 1 saturated heterocycles. The Hall–Kier alpha value is -1.42. The van der Waals surface area contributed by atoms with E-state index in [2.05, 4.69) is 36.3 Å². The van der Waals surface area contributed by atoms with E-state index in [-0.39, 0.29) is 5.91 Å². The molecule has 1 aromatic heterocycles. The van der Waals surface area contributed by atoms with Crippen molar-refractivity contribution in [2.75, 3.05) is 13.1 Å². The normalized spacial score (nSPS) is 23.9. The molecule has 116 valence electrons. The highest BCUT2D eigenvalue weighted by Gasteiger charge is 2.30. The zero-order chi connectivity index (χ0) is 15.2. The first-order valence-electron chi connectivity index (χ1n) is 8.09. The van der Waals surface area contributed by atoms with Gasteiger partial charge in [0.2, 0.25) is 5.91 Å². The van der Waals surface area contributed by atoms with Crippen LogP contribution in [0.1, 0.15) is 51.6 Å². The molecule has 0 radical (unpaired) electrons. The number of pyridine rings is 1. The summed E-state index contributed by atoms with van der Waals surface area (Å²) >= 11 is 0. The van der Waals surface area contributed by atoms with Crippen LogP contribution < -0.4 is 5.32 Å². The minimum absolute atomic E-state index is 0.286. The number of nitrogens with one attached hydrogen (secondary N) is 1. The van der Waals surface area contributed by atoms with Gasteiger partial charge in [0.1, 0.15) is 0 Å². The number of carbonyl (C=O) groups excluding carboxylic acids is 1. The second-order valence-electron chi connectivity index (χ2n) is 5.93. The molecule has 3 unspecified atom stereocenters. The maximum absolute atomic E-state index is 11.9. The maximum Gasteiger partial charge on any atom is 0.222 e. The predicted molar refractivity (Wildman–Crippen MR) is 84.8 cm³/mol. The summed E-state index contributed by atoms with van der Waals surface area (Å²) in [5, 5.41) is 3.75. The third-order valence-corrected chi connectivity index (χ3v) is 4.58. The summed E-state index contributed by atoms with van der Waals surface area (Å²) in [6.07, 6.45) is 6.44. The molecule has 0 aromatic carbocycles. The average molecular weight is 289 g/mol. The smallest absolute Gasteiger partial charge is 0.222 e. The second kappa shape index (κ2) is 7.55. The standard InChI is InChI=1S/C17H27N3O/c1-4-14-12-20(17(21)5-2)11-8-16(14)19-13(3)15-6-9-18-10-7-15/h6-7,9-10,13-14,16,19H,4-5,8,11-12H2,1-3H3. The number of carbonyl (C=O) groups is 1. The van der Waals surface area contributed by atoms with Crippen molar-refractivity contribution in [2.45, 2.75) is 52.1 Å². The SMILES string of the molecule is CCC(=O)N1CCC(NC(C)c2ccncc2)C(CC)C1. The van der Waals surface area contributed by atoms with E-state index in [9.17, 15) is 4.79 Å². The highest BCUT2D eigenvalue weighted by Crippen LogP contribution is 2.23. The molecule has 0 aliphatic carbocycles. The summed E-state index contributed by atoms with van der Waals surface area (Å²) in [7, 11) is 0. The van der Waals surface area contributed by atoms with Crippen molar-refractivity contribution in [3.8, 4) is 0 Å². The second-order valence-corrected chi connectivity index (χ2v) is 5.93. The third-order valence-electron chi connectivity index (χ3n) is 4.58. The van der Waals surface area contributed by atoms with Crippen LogP contribution in [0.4, 0.5) is 0 Å². The first kappa shape index (κ1) is 16.0. The zero-order valence-corrected chi connectivity index (χ0v) is 13.4. The van der Waals surface area contributed by atoms with Crippen LogP contribution in [0.15, 0.2) is 24.5 Å². The Balaban J connectivity index is 1.96. The van der Waals surface area contributed by atoms with E-state index >= 15 is 0 Å². The summed E-state index contributed by atoms with van der Waals surface area (Å²) in [5.74, 6) is 0.826. The lowest BCUT2D eigenvalue weighted by Crippen LogP contribution is -2.51. The molecule has 1 aliphatic rings. The molecule has 2 heterocycles. The van der Waals surface area contributed by atoms with Crippen molar-refractivity contribution in [1.82, 2.24) is 15.2 Å². The zero-order valence-electron chi connectivity index (χ0n) is 13.4. The van der Waals surface area contributed by atoms with E-state index in [1.807, 2.05) is 24.2 Å². The maximum atomic E-state index is 11.9. The van der Waals surface area contributed by atoms with E-state index in [1.165, 1.54) is 5.56 Å². The molecule has 0 bridgehead atoms. The molecular weight excluding hydrogens is 262 g/mol. The van der Waals surface area contributed by atoms with Crippen molar-refractivity contribution < 1.29 is 4.79 Å². The van der Waals surface area contributed by atoms with E-state index in [1.54, 1.807) is 0 Å². The number of piperidine rings is 1. The van der Waals surface area contributed by atoms with Gasteiger partial charge in [0.15, 0.2) is 0 Å². The quantitative estimate of drug-likeness (QED) is 0.906. The van der Waals surface area contributed by atoms with Crippen LogP contribution in [0.25, 0.3) is 0 Å². The van der Waals surface area contributed by atoms with Crippen LogP contribution in [-0.2, 0) is 4.79 Å². The summed E-state index contributed by atoms with van der Waals surface area (Å²) in [6.45, 7) is 8.13. The molecule has 0 saturated carbocycles. The Morgan fingerprint density at radius 2 is 2.14 bits per heavy atom. The van der Waals surface area contributed by atoms with Crippen LogP contribution in [0.5, 0.6) is 0 Å². The average Bonchev–Trinajstić information content (AvgIpc) is 2.55. The van der Waals surface area contributed by atoms with Crippen molar-refractivity contribution in [3.05, 3.63) is 30.1 Å². The molecule has 4 heteroatoms. The largest absolute Gasteiger partial charge is 0.342 e. The predicted octanol–water partition coefficient (Wildman–Crippen LogP) is 2.77. The summed E-state index contributed by atoms with van der Waals surface area (Å²) in [5.41, 5.74) is 1.27. The van der Waals surface area contributed by atoms with Crippen LogP contribution in [0.2, 0.25) is 0 Å². The Kier molecular flexibility index (Phi) is 5.74. The van der Waals surface area contributed by atoms with Gasteiger partial charge >= 0.3 is 0 Å². The molecule has 1 amide bonds. The molecule has 4 nitrogen and oxygen atoms in total. The topological polar surface area (TPSA) is 45.2 Å². The van der Waals surface area contributed by atoms with Crippen LogP contribution in [0.3, 0.4) is 0 Å². The van der Waals surface area contributed by atoms with Gasteiger partial charge in [-0.2, -0.15) is 0 Å². The molecule has 0 spiro atoms. The molecule has 1 aromatic rings. The van der Waals surface area contributed by atoms with Gasteiger partial charge in [-0.1, -0.05) is 20.3 Å². The Labute approximate surface area is 127 Å². The van der Waals surface area contributed by atoms with Gasteiger partial charge < -0.3 is 10.2 Å².